The van der Waals surface area contributed by atoms with Gasteiger partial charge in [0, 0.05) is 33.7 Å². The average Bonchev–Trinajstić information content (AvgIpc) is 3.69. The van der Waals surface area contributed by atoms with Crippen molar-refractivity contribution < 1.29 is 33.1 Å². The molecule has 0 aromatic heterocycles. The van der Waals surface area contributed by atoms with Crippen LogP contribution in [0, 0.1) is 5.92 Å². The summed E-state index contributed by atoms with van der Waals surface area (Å²) in [6.07, 6.45) is -0.807. The van der Waals surface area contributed by atoms with E-state index in [9.17, 15) is 19.5 Å². The van der Waals surface area contributed by atoms with Crippen LogP contribution in [0.1, 0.15) is 35.6 Å². The van der Waals surface area contributed by atoms with Gasteiger partial charge in [0.2, 0.25) is 14.3 Å². The molecule has 0 radical (unpaired) electrons. The lowest BCUT2D eigenvalue weighted by molar-refractivity contribution is -0.151. The van der Waals surface area contributed by atoms with Crippen molar-refractivity contribution in [1.82, 2.24) is 4.90 Å². The van der Waals surface area contributed by atoms with Crippen LogP contribution in [0.4, 0.5) is 20.3 Å². The van der Waals surface area contributed by atoms with E-state index in [4.69, 9.17) is 9.47 Å². The molecule has 3 aromatic rings. The number of carbonyl (C=O) groups is 3. The number of nitrogens with zero attached hydrogens (tertiary/aromatic N) is 3. The number of ether oxygens (including phenoxy) is 2. The summed E-state index contributed by atoms with van der Waals surface area (Å²) < 4.78 is 29.2. The molecule has 0 unspecified atom stereocenters. The molecule has 3 aromatic carbocycles. The standard InChI is InChI=1S/C36H39BrFN3O6Si/c1-22-33(48(2,3)38)31(18-32(43)40-20-25-9-5-4-8-24(25)16-28(40)21-42)47-36(22)29-17-26(37)11-12-30(29)41(34(36)44)19-23-7-6-10-27(15-23)39-13-14-46-35(39)45/h4-12,15,17,22,28,31,33,42H,13-14,16,18-21H2,1-3H3/t22-,28+,31+,33-,36+/m1/s1. The second-order valence-electron chi connectivity index (χ2n) is 13.8. The van der Waals surface area contributed by atoms with Crippen molar-refractivity contribution in [3.8, 4) is 0 Å². The summed E-state index contributed by atoms with van der Waals surface area (Å²) in [6.45, 7) is 6.26. The summed E-state index contributed by atoms with van der Waals surface area (Å²) >= 11 is 3.58. The summed E-state index contributed by atoms with van der Waals surface area (Å²) in [6, 6.07) is 20.5. The van der Waals surface area contributed by atoms with Crippen LogP contribution in [0.15, 0.2) is 71.2 Å². The molecule has 3 amide bonds. The SMILES string of the molecule is C[C@@H]1[C@@H]([Si](C)(C)F)[C@H](CC(=O)N2Cc3ccccc3C[C@H]2CO)O[C@@]12C(=O)N(Cc1cccc(N3CCOC3=O)c1)c1ccc(Br)cc12. The number of hydrogen-bond donors (Lipinski definition) is 1. The highest BCUT2D eigenvalue weighted by Gasteiger charge is 2.67. The van der Waals surface area contributed by atoms with Crippen LogP contribution in [-0.2, 0) is 44.2 Å². The first-order valence-electron chi connectivity index (χ1n) is 16.4. The Morgan fingerprint density at radius 3 is 2.56 bits per heavy atom. The van der Waals surface area contributed by atoms with Gasteiger partial charge in [0.15, 0.2) is 5.60 Å². The molecule has 2 saturated heterocycles. The van der Waals surface area contributed by atoms with Crippen molar-refractivity contribution in [2.24, 2.45) is 5.92 Å². The van der Waals surface area contributed by atoms with Gasteiger partial charge in [-0.25, -0.2) is 4.79 Å². The molecule has 9 nitrogen and oxygen atoms in total. The summed E-state index contributed by atoms with van der Waals surface area (Å²) in [7, 11) is -3.51. The number of carbonyl (C=O) groups excluding carboxylic acids is 3. The van der Waals surface area contributed by atoms with Gasteiger partial charge in [-0.1, -0.05) is 59.3 Å². The minimum absolute atomic E-state index is 0.0969. The molecule has 4 aliphatic heterocycles. The van der Waals surface area contributed by atoms with E-state index in [0.29, 0.717) is 43.1 Å². The molecule has 0 bridgehead atoms. The number of aliphatic hydroxyl groups excluding tert-OH is 1. The zero-order valence-electron chi connectivity index (χ0n) is 27.2. The third-order valence-corrected chi connectivity index (χ3v) is 13.5. The number of fused-ring (bicyclic) bond motifs is 3. The number of rotatable bonds is 7. The molecule has 5 atom stereocenters. The van der Waals surface area contributed by atoms with Gasteiger partial charge in [-0.15, -0.1) is 0 Å². The van der Waals surface area contributed by atoms with Crippen LogP contribution >= 0.6 is 15.9 Å². The highest BCUT2D eigenvalue weighted by atomic mass is 79.9. The summed E-state index contributed by atoms with van der Waals surface area (Å²) in [5, 5.41) is 10.2. The van der Waals surface area contributed by atoms with Crippen molar-refractivity contribution >= 4 is 53.6 Å². The predicted octanol–water partition coefficient (Wildman–Crippen LogP) is 6.06. The van der Waals surface area contributed by atoms with E-state index in [0.717, 1.165) is 21.2 Å². The second kappa shape index (κ2) is 12.4. The van der Waals surface area contributed by atoms with Crippen molar-refractivity contribution in [3.63, 3.8) is 0 Å². The minimum Gasteiger partial charge on any atom is -0.447 e. The first-order valence-corrected chi connectivity index (χ1v) is 20.2. The Labute approximate surface area is 288 Å². The first kappa shape index (κ1) is 32.9. The fourth-order valence-corrected chi connectivity index (χ4v) is 11.2. The minimum atomic E-state index is -3.51. The Hall–Kier alpha value is -3.58. The number of benzene rings is 3. The zero-order valence-corrected chi connectivity index (χ0v) is 29.8. The largest absolute Gasteiger partial charge is 0.447 e. The molecule has 1 spiro atoms. The predicted molar refractivity (Wildman–Crippen MR) is 185 cm³/mol. The number of aliphatic hydroxyl groups is 1. The second-order valence-corrected chi connectivity index (χ2v) is 18.5. The van der Waals surface area contributed by atoms with Gasteiger partial charge in [-0.3, -0.25) is 14.5 Å². The van der Waals surface area contributed by atoms with E-state index in [1.807, 2.05) is 73.7 Å². The molecule has 7 rings (SSSR count). The maximum atomic E-state index is 16.4. The Bertz CT molecular complexity index is 1790. The highest BCUT2D eigenvalue weighted by molar-refractivity contribution is 9.10. The van der Waals surface area contributed by atoms with Crippen molar-refractivity contribution in [3.05, 3.63) is 93.5 Å². The van der Waals surface area contributed by atoms with Gasteiger partial charge in [0.25, 0.3) is 5.91 Å². The van der Waals surface area contributed by atoms with Crippen LogP contribution in [0.3, 0.4) is 0 Å². The lowest BCUT2D eigenvalue weighted by atomic mass is 9.82. The third-order valence-electron chi connectivity index (χ3n) is 10.5. The lowest BCUT2D eigenvalue weighted by Crippen LogP contribution is -2.48. The van der Waals surface area contributed by atoms with Gasteiger partial charge in [-0.05, 0) is 66.5 Å². The van der Waals surface area contributed by atoms with E-state index in [1.165, 1.54) is 0 Å². The third kappa shape index (κ3) is 5.46. The van der Waals surface area contributed by atoms with Gasteiger partial charge in [-0.2, -0.15) is 0 Å². The summed E-state index contributed by atoms with van der Waals surface area (Å²) in [5.74, 6) is -1.09. The Kier molecular flexibility index (Phi) is 8.50. The van der Waals surface area contributed by atoms with E-state index in [2.05, 4.69) is 15.9 Å². The normalized spacial score (nSPS) is 26.7. The van der Waals surface area contributed by atoms with Gasteiger partial charge in [0.05, 0.1) is 44.0 Å². The topological polar surface area (TPSA) is 99.6 Å². The monoisotopic (exact) mass is 735 g/mol. The molecule has 0 aliphatic carbocycles. The molecular weight excluding hydrogens is 697 g/mol. The molecule has 48 heavy (non-hydrogen) atoms. The number of anilines is 2. The number of cyclic esters (lactones) is 1. The fraction of sp³-hybridized carbons (Fsp3) is 0.417. The highest BCUT2D eigenvalue weighted by Crippen LogP contribution is 2.60. The number of halogens is 2. The van der Waals surface area contributed by atoms with Gasteiger partial charge in [0.1, 0.15) is 6.61 Å². The van der Waals surface area contributed by atoms with Crippen molar-refractivity contribution in [1.29, 1.82) is 0 Å². The number of hydrogen-bond acceptors (Lipinski definition) is 6. The van der Waals surface area contributed by atoms with E-state index < -0.39 is 43.7 Å². The van der Waals surface area contributed by atoms with Crippen molar-refractivity contribution in [2.75, 3.05) is 29.6 Å². The summed E-state index contributed by atoms with van der Waals surface area (Å²) in [4.78, 5) is 46.0. The Balaban J connectivity index is 1.22. The maximum absolute atomic E-state index is 16.4. The molecule has 1 N–H and O–H groups in total. The quantitative estimate of drug-likeness (QED) is 0.234. The summed E-state index contributed by atoms with van der Waals surface area (Å²) in [5.41, 5.74) is 2.79. The van der Waals surface area contributed by atoms with Crippen LogP contribution < -0.4 is 9.80 Å². The molecule has 2 fully saturated rings. The van der Waals surface area contributed by atoms with Crippen LogP contribution in [-0.4, -0.2) is 68.2 Å². The van der Waals surface area contributed by atoms with Crippen molar-refractivity contribution in [2.45, 2.75) is 69.2 Å². The lowest BCUT2D eigenvalue weighted by Gasteiger charge is -2.37. The van der Waals surface area contributed by atoms with Crippen LogP contribution in [0.2, 0.25) is 18.6 Å². The maximum Gasteiger partial charge on any atom is 0.414 e. The molecule has 252 valence electrons. The number of amides is 3. The zero-order chi connectivity index (χ0) is 34.0. The van der Waals surface area contributed by atoms with Crippen LogP contribution in [0.5, 0.6) is 0 Å². The van der Waals surface area contributed by atoms with E-state index in [1.54, 1.807) is 27.8 Å². The van der Waals surface area contributed by atoms with Crippen LogP contribution in [0.25, 0.3) is 0 Å². The Morgan fingerprint density at radius 2 is 1.85 bits per heavy atom. The molecule has 4 aliphatic rings. The molecule has 12 heteroatoms. The molecular formula is C36H39BrFN3O6Si. The molecule has 4 heterocycles. The van der Waals surface area contributed by atoms with E-state index in [-0.39, 0.29) is 31.4 Å². The Morgan fingerprint density at radius 1 is 1.08 bits per heavy atom. The smallest absolute Gasteiger partial charge is 0.414 e. The molecule has 0 saturated carbocycles. The van der Waals surface area contributed by atoms with E-state index >= 15 is 4.11 Å². The fourth-order valence-electron chi connectivity index (χ4n) is 8.34. The average molecular weight is 737 g/mol. The first-order chi connectivity index (χ1) is 22.9. The van der Waals surface area contributed by atoms with Gasteiger partial charge < -0.3 is 28.5 Å². The van der Waals surface area contributed by atoms with Gasteiger partial charge >= 0.3 is 6.09 Å².